The maximum Gasteiger partial charge on any atom is 0.340 e. The third-order valence-corrected chi connectivity index (χ3v) is 2.55. The molecule has 0 atom stereocenters. The lowest BCUT2D eigenvalue weighted by molar-refractivity contribution is -0.463. The molecule has 0 fully saturated rings. The number of hydrogen-bond donors (Lipinski definition) is 0. The zero-order valence-electron chi connectivity index (χ0n) is 12.5. The van der Waals surface area contributed by atoms with E-state index in [1.54, 1.807) is 45.0 Å². The Morgan fingerprint density at radius 2 is 1.86 bits per heavy atom. The largest absolute Gasteiger partial charge is 0.497 e. The summed E-state index contributed by atoms with van der Waals surface area (Å²) < 4.78 is 5.01. The van der Waals surface area contributed by atoms with Crippen LogP contribution in [-0.2, 0) is 9.63 Å². The molecule has 0 aliphatic carbocycles. The number of rotatable bonds is 5. The average molecular weight is 294 g/mol. The van der Waals surface area contributed by atoms with Crippen LogP contribution in [0, 0.1) is 15.5 Å². The van der Waals surface area contributed by atoms with Crippen LogP contribution in [0.2, 0.25) is 0 Å². The third-order valence-electron chi connectivity index (χ3n) is 2.55. The second-order valence-corrected chi connectivity index (χ2v) is 5.39. The van der Waals surface area contributed by atoms with E-state index in [4.69, 9.17) is 9.57 Å². The van der Waals surface area contributed by atoms with E-state index in [-0.39, 0.29) is 5.71 Å². The van der Waals surface area contributed by atoms with E-state index in [9.17, 15) is 14.9 Å². The van der Waals surface area contributed by atoms with Crippen molar-refractivity contribution >= 4 is 11.7 Å². The van der Waals surface area contributed by atoms with Crippen molar-refractivity contribution in [3.8, 4) is 5.75 Å². The fraction of sp³-hybridized carbons (Fsp3) is 0.429. The van der Waals surface area contributed by atoms with Gasteiger partial charge in [-0.1, -0.05) is 5.16 Å². The SMILES string of the molecule is COc1ccc(C(C[N+](=O)[O-])=NOC(=O)C(C)(C)C)cc1. The molecule has 114 valence electrons. The summed E-state index contributed by atoms with van der Waals surface area (Å²) in [6, 6.07) is 6.53. The summed E-state index contributed by atoms with van der Waals surface area (Å²) in [5.74, 6) is 0.0581. The molecule has 7 nitrogen and oxygen atoms in total. The molecule has 1 aromatic rings. The van der Waals surface area contributed by atoms with Crippen LogP contribution in [0.15, 0.2) is 29.4 Å². The van der Waals surface area contributed by atoms with Crippen LogP contribution in [0.4, 0.5) is 0 Å². The van der Waals surface area contributed by atoms with Crippen molar-refractivity contribution in [1.29, 1.82) is 0 Å². The van der Waals surface area contributed by atoms with E-state index in [2.05, 4.69) is 5.16 Å². The van der Waals surface area contributed by atoms with Gasteiger partial charge in [0.1, 0.15) is 5.75 Å². The first-order valence-electron chi connectivity index (χ1n) is 6.28. The van der Waals surface area contributed by atoms with Gasteiger partial charge in [-0.05, 0) is 45.0 Å². The fourth-order valence-corrected chi connectivity index (χ4v) is 1.31. The van der Waals surface area contributed by atoms with Crippen molar-refractivity contribution in [3.05, 3.63) is 39.9 Å². The van der Waals surface area contributed by atoms with Crippen molar-refractivity contribution in [2.45, 2.75) is 20.8 Å². The van der Waals surface area contributed by atoms with Gasteiger partial charge in [0, 0.05) is 10.5 Å². The van der Waals surface area contributed by atoms with Crippen molar-refractivity contribution in [1.82, 2.24) is 0 Å². The number of nitro groups is 1. The quantitative estimate of drug-likeness (QED) is 0.359. The van der Waals surface area contributed by atoms with Gasteiger partial charge in [-0.2, -0.15) is 0 Å². The van der Waals surface area contributed by atoms with Gasteiger partial charge in [-0.3, -0.25) is 10.1 Å². The Kier molecular flexibility index (Phi) is 5.40. The molecule has 0 aliphatic heterocycles. The highest BCUT2D eigenvalue weighted by atomic mass is 16.7. The molecule has 0 bridgehead atoms. The first-order valence-corrected chi connectivity index (χ1v) is 6.28. The summed E-state index contributed by atoms with van der Waals surface area (Å²) in [6.07, 6.45) is 0. The minimum atomic E-state index is -0.733. The maximum atomic E-state index is 11.7. The number of oxime groups is 1. The normalized spacial score (nSPS) is 11.9. The second-order valence-electron chi connectivity index (χ2n) is 5.39. The number of carbonyl (C=O) groups excluding carboxylic acids is 1. The van der Waals surface area contributed by atoms with E-state index in [1.807, 2.05) is 0 Å². The average Bonchev–Trinajstić information content (AvgIpc) is 2.41. The Balaban J connectivity index is 2.99. The topological polar surface area (TPSA) is 91.0 Å². The number of hydrogen-bond acceptors (Lipinski definition) is 6. The van der Waals surface area contributed by atoms with Crippen LogP contribution in [0.25, 0.3) is 0 Å². The van der Waals surface area contributed by atoms with Crippen LogP contribution >= 0.6 is 0 Å². The summed E-state index contributed by atoms with van der Waals surface area (Å²) in [5, 5.41) is 14.3. The Labute approximate surface area is 122 Å². The molecule has 0 radical (unpaired) electrons. The molecule has 0 heterocycles. The molecular formula is C14H18N2O5. The molecule has 0 amide bonds. The minimum Gasteiger partial charge on any atom is -0.497 e. The monoisotopic (exact) mass is 294 g/mol. The van der Waals surface area contributed by atoms with Crippen LogP contribution in [0.3, 0.4) is 0 Å². The predicted octanol–water partition coefficient (Wildman–Crippen LogP) is 2.27. The predicted molar refractivity (Wildman–Crippen MR) is 76.9 cm³/mol. The molecular weight excluding hydrogens is 276 g/mol. The second kappa shape index (κ2) is 6.83. The fourth-order valence-electron chi connectivity index (χ4n) is 1.31. The number of ether oxygens (including phenoxy) is 1. The lowest BCUT2D eigenvalue weighted by Gasteiger charge is -2.13. The van der Waals surface area contributed by atoms with Gasteiger partial charge in [0.15, 0.2) is 5.71 Å². The smallest absolute Gasteiger partial charge is 0.340 e. The summed E-state index contributed by atoms with van der Waals surface area (Å²) in [5.41, 5.74) is -0.169. The molecule has 0 saturated carbocycles. The van der Waals surface area contributed by atoms with E-state index < -0.39 is 22.9 Å². The van der Waals surface area contributed by atoms with Gasteiger partial charge >= 0.3 is 5.97 Å². The Bertz CT molecular complexity index is 543. The van der Waals surface area contributed by atoms with Crippen molar-refractivity contribution in [2.24, 2.45) is 10.6 Å². The molecule has 0 saturated heterocycles. The number of nitrogens with zero attached hydrogens (tertiary/aromatic N) is 2. The van der Waals surface area contributed by atoms with Gasteiger partial charge in [-0.15, -0.1) is 0 Å². The number of carbonyl (C=O) groups is 1. The van der Waals surface area contributed by atoms with Gasteiger partial charge in [0.2, 0.25) is 6.54 Å². The van der Waals surface area contributed by atoms with Crippen molar-refractivity contribution in [3.63, 3.8) is 0 Å². The minimum absolute atomic E-state index is 0.0697. The molecule has 0 aliphatic rings. The standard InChI is InChI=1S/C14H18N2O5/c1-14(2,3)13(17)21-15-12(9-16(18)19)10-5-7-11(20-4)8-6-10/h5-8H,9H2,1-4H3. The number of benzene rings is 1. The summed E-state index contributed by atoms with van der Waals surface area (Å²) >= 11 is 0. The van der Waals surface area contributed by atoms with Crippen molar-refractivity contribution < 1.29 is 19.3 Å². The summed E-state index contributed by atoms with van der Waals surface area (Å²) in [4.78, 5) is 26.6. The van der Waals surface area contributed by atoms with Gasteiger partial charge in [0.25, 0.3) is 0 Å². The zero-order valence-corrected chi connectivity index (χ0v) is 12.5. The van der Waals surface area contributed by atoms with Crippen LogP contribution < -0.4 is 4.74 Å². The van der Waals surface area contributed by atoms with E-state index in [0.29, 0.717) is 11.3 Å². The molecule has 0 unspecified atom stereocenters. The van der Waals surface area contributed by atoms with Gasteiger partial charge < -0.3 is 9.57 Å². The summed E-state index contributed by atoms with van der Waals surface area (Å²) in [6.45, 7) is 4.48. The number of methoxy groups -OCH3 is 1. The first kappa shape index (κ1) is 16.6. The van der Waals surface area contributed by atoms with Crippen LogP contribution in [-0.4, -0.2) is 30.3 Å². The lowest BCUT2D eigenvalue weighted by atomic mass is 9.98. The van der Waals surface area contributed by atoms with E-state index >= 15 is 0 Å². The molecule has 1 rings (SSSR count). The highest BCUT2D eigenvalue weighted by Crippen LogP contribution is 2.16. The van der Waals surface area contributed by atoms with Crippen LogP contribution in [0.5, 0.6) is 5.75 Å². The molecule has 0 aromatic heterocycles. The van der Waals surface area contributed by atoms with E-state index in [0.717, 1.165) is 0 Å². The highest BCUT2D eigenvalue weighted by molar-refractivity contribution is 6.01. The Hall–Kier alpha value is -2.44. The molecule has 7 heteroatoms. The molecule has 0 N–H and O–H groups in total. The molecule has 1 aromatic carbocycles. The van der Waals surface area contributed by atoms with Gasteiger partial charge in [-0.25, -0.2) is 4.79 Å². The highest BCUT2D eigenvalue weighted by Gasteiger charge is 2.24. The third kappa shape index (κ3) is 5.21. The van der Waals surface area contributed by atoms with Crippen molar-refractivity contribution in [2.75, 3.05) is 13.7 Å². The summed E-state index contributed by atoms with van der Waals surface area (Å²) in [7, 11) is 1.52. The Morgan fingerprint density at radius 1 is 1.29 bits per heavy atom. The maximum absolute atomic E-state index is 11.7. The lowest BCUT2D eigenvalue weighted by Crippen LogP contribution is -2.23. The molecule has 0 spiro atoms. The van der Waals surface area contributed by atoms with Gasteiger partial charge in [0.05, 0.1) is 12.5 Å². The first-order chi connectivity index (χ1) is 9.74. The van der Waals surface area contributed by atoms with Crippen LogP contribution in [0.1, 0.15) is 26.3 Å². The zero-order chi connectivity index (χ0) is 16.0. The van der Waals surface area contributed by atoms with E-state index in [1.165, 1.54) is 7.11 Å². The Morgan fingerprint density at radius 3 is 2.29 bits per heavy atom. The molecule has 21 heavy (non-hydrogen) atoms.